The largest absolute Gasteiger partial charge is 0.507 e. The van der Waals surface area contributed by atoms with Crippen molar-refractivity contribution in [2.24, 2.45) is 0 Å². The molecule has 26 heavy (non-hydrogen) atoms. The Morgan fingerprint density at radius 2 is 2.04 bits per heavy atom. The predicted molar refractivity (Wildman–Crippen MR) is 97.8 cm³/mol. The Balaban J connectivity index is 1.69. The molecular weight excluding hydrogens is 354 g/mol. The van der Waals surface area contributed by atoms with Gasteiger partial charge in [0.2, 0.25) is 0 Å². The number of aromatic hydroxyl groups is 1. The lowest BCUT2D eigenvalue weighted by Gasteiger charge is -2.05. The SMILES string of the molecule is Cc1c(-c2cc3cc(OCc4cncs4)ccc3o2)oc(=O)c(C)c1O. The average Bonchev–Trinajstić information content (AvgIpc) is 3.30. The van der Waals surface area contributed by atoms with Crippen LogP contribution in [0.25, 0.3) is 22.5 Å². The van der Waals surface area contributed by atoms with Gasteiger partial charge in [0, 0.05) is 17.1 Å². The maximum Gasteiger partial charge on any atom is 0.343 e. The molecule has 0 fully saturated rings. The lowest BCUT2D eigenvalue weighted by atomic mass is 10.1. The Morgan fingerprint density at radius 1 is 1.19 bits per heavy atom. The van der Waals surface area contributed by atoms with E-state index in [1.54, 1.807) is 30.8 Å². The second kappa shape index (κ2) is 6.34. The third kappa shape index (κ3) is 2.86. The van der Waals surface area contributed by atoms with Crippen LogP contribution in [-0.2, 0) is 6.61 Å². The van der Waals surface area contributed by atoms with Crippen molar-refractivity contribution >= 4 is 22.3 Å². The molecule has 0 unspecified atom stereocenters. The molecule has 0 aliphatic rings. The van der Waals surface area contributed by atoms with Gasteiger partial charge in [0.1, 0.15) is 23.7 Å². The minimum Gasteiger partial charge on any atom is -0.507 e. The highest BCUT2D eigenvalue weighted by atomic mass is 32.1. The number of nitrogens with zero attached hydrogens (tertiary/aromatic N) is 1. The number of hydrogen-bond donors (Lipinski definition) is 1. The molecule has 0 aliphatic carbocycles. The van der Waals surface area contributed by atoms with Gasteiger partial charge in [0.05, 0.1) is 16.0 Å². The van der Waals surface area contributed by atoms with Crippen LogP contribution in [0.15, 0.2) is 49.6 Å². The first-order valence-electron chi connectivity index (χ1n) is 7.90. The molecule has 132 valence electrons. The summed E-state index contributed by atoms with van der Waals surface area (Å²) in [7, 11) is 0. The highest BCUT2D eigenvalue weighted by molar-refractivity contribution is 7.09. The zero-order valence-corrected chi connectivity index (χ0v) is 14.9. The molecule has 0 spiro atoms. The molecule has 7 heteroatoms. The molecule has 1 aromatic carbocycles. The fraction of sp³-hybridized carbons (Fsp3) is 0.158. The van der Waals surface area contributed by atoms with Crippen LogP contribution in [0, 0.1) is 13.8 Å². The first-order chi connectivity index (χ1) is 12.5. The predicted octanol–water partition coefficient (Wildman–Crippen LogP) is 4.41. The summed E-state index contributed by atoms with van der Waals surface area (Å²) in [4.78, 5) is 16.9. The van der Waals surface area contributed by atoms with Gasteiger partial charge in [-0.25, -0.2) is 4.79 Å². The van der Waals surface area contributed by atoms with Gasteiger partial charge >= 0.3 is 5.63 Å². The molecule has 4 aromatic rings. The molecule has 0 radical (unpaired) electrons. The van der Waals surface area contributed by atoms with Gasteiger partial charge in [0.25, 0.3) is 0 Å². The first kappa shape index (κ1) is 16.4. The highest BCUT2D eigenvalue weighted by Gasteiger charge is 2.18. The van der Waals surface area contributed by atoms with Crippen molar-refractivity contribution < 1.29 is 18.7 Å². The lowest BCUT2D eigenvalue weighted by molar-refractivity contribution is 0.310. The van der Waals surface area contributed by atoms with Gasteiger partial charge in [-0.2, -0.15) is 0 Å². The summed E-state index contributed by atoms with van der Waals surface area (Å²) in [6.45, 7) is 3.64. The van der Waals surface area contributed by atoms with Crippen molar-refractivity contribution in [2.45, 2.75) is 20.5 Å². The Morgan fingerprint density at radius 3 is 2.81 bits per heavy atom. The van der Waals surface area contributed by atoms with Crippen LogP contribution >= 0.6 is 11.3 Å². The number of ether oxygens (including phenoxy) is 1. The standard InChI is InChI=1S/C19H15NO5S/c1-10-17(21)11(2)19(22)25-18(10)16-6-12-5-13(3-4-15(12)24-16)23-8-14-7-20-9-26-14/h3-7,9,21H,8H2,1-2H3. The zero-order chi connectivity index (χ0) is 18.3. The van der Waals surface area contributed by atoms with Gasteiger partial charge in [-0.05, 0) is 38.1 Å². The topological polar surface area (TPSA) is 85.7 Å². The van der Waals surface area contributed by atoms with E-state index in [0.29, 0.717) is 29.3 Å². The van der Waals surface area contributed by atoms with E-state index >= 15 is 0 Å². The maximum absolute atomic E-state index is 11.9. The van der Waals surface area contributed by atoms with E-state index in [1.165, 1.54) is 18.3 Å². The van der Waals surface area contributed by atoms with Crippen LogP contribution in [-0.4, -0.2) is 10.1 Å². The van der Waals surface area contributed by atoms with Crippen molar-refractivity contribution in [2.75, 3.05) is 0 Å². The third-order valence-corrected chi connectivity index (χ3v) is 4.88. The summed E-state index contributed by atoms with van der Waals surface area (Å²) >= 11 is 1.53. The third-order valence-electron chi connectivity index (χ3n) is 4.13. The van der Waals surface area contributed by atoms with E-state index in [1.807, 2.05) is 12.1 Å². The normalized spacial score (nSPS) is 11.2. The van der Waals surface area contributed by atoms with Gasteiger partial charge in [-0.1, -0.05) is 0 Å². The smallest absolute Gasteiger partial charge is 0.343 e. The molecule has 6 nitrogen and oxygen atoms in total. The summed E-state index contributed by atoms with van der Waals surface area (Å²) in [6, 6.07) is 7.22. The Hall–Kier alpha value is -3.06. The number of thiazole rings is 1. The van der Waals surface area contributed by atoms with Crippen LogP contribution < -0.4 is 10.4 Å². The zero-order valence-electron chi connectivity index (χ0n) is 14.1. The fourth-order valence-corrected chi connectivity index (χ4v) is 3.16. The first-order valence-corrected chi connectivity index (χ1v) is 8.78. The van der Waals surface area contributed by atoms with E-state index in [2.05, 4.69) is 4.98 Å². The molecule has 0 saturated heterocycles. The Labute approximate surface area is 152 Å². The fourth-order valence-electron chi connectivity index (χ4n) is 2.66. The van der Waals surface area contributed by atoms with Gasteiger partial charge in [0.15, 0.2) is 11.5 Å². The molecule has 0 amide bonds. The molecule has 4 rings (SSSR count). The van der Waals surface area contributed by atoms with Gasteiger partial charge in [-0.3, -0.25) is 4.98 Å². The van der Waals surface area contributed by atoms with Gasteiger partial charge in [-0.15, -0.1) is 11.3 Å². The van der Waals surface area contributed by atoms with E-state index in [0.717, 1.165) is 10.3 Å². The second-order valence-electron chi connectivity index (χ2n) is 5.88. The summed E-state index contributed by atoms with van der Waals surface area (Å²) in [6.07, 6.45) is 1.77. The molecular formula is C19H15NO5S. The van der Waals surface area contributed by atoms with Crippen molar-refractivity contribution in [1.82, 2.24) is 4.98 Å². The summed E-state index contributed by atoms with van der Waals surface area (Å²) in [5.74, 6) is 1.22. The number of aromatic nitrogens is 1. The molecule has 1 N–H and O–H groups in total. The minimum atomic E-state index is -0.586. The van der Waals surface area contributed by atoms with Crippen LogP contribution in [0.4, 0.5) is 0 Å². The van der Waals surface area contributed by atoms with Crippen LogP contribution in [0.1, 0.15) is 16.0 Å². The van der Waals surface area contributed by atoms with E-state index in [4.69, 9.17) is 13.6 Å². The Kier molecular flexibility index (Phi) is 4.00. The molecule has 0 saturated carbocycles. The number of benzene rings is 1. The molecule has 0 atom stereocenters. The molecule has 3 heterocycles. The van der Waals surface area contributed by atoms with Crippen LogP contribution in [0.2, 0.25) is 0 Å². The van der Waals surface area contributed by atoms with Crippen molar-refractivity contribution in [3.63, 3.8) is 0 Å². The number of rotatable bonds is 4. The summed E-state index contributed by atoms with van der Waals surface area (Å²) in [5.41, 5.74) is 2.45. The molecule has 3 aromatic heterocycles. The molecule has 0 aliphatic heterocycles. The van der Waals surface area contributed by atoms with Crippen LogP contribution in [0.5, 0.6) is 11.5 Å². The van der Waals surface area contributed by atoms with Crippen molar-refractivity contribution in [3.8, 4) is 23.0 Å². The van der Waals surface area contributed by atoms with Crippen LogP contribution in [0.3, 0.4) is 0 Å². The van der Waals surface area contributed by atoms with E-state index < -0.39 is 5.63 Å². The van der Waals surface area contributed by atoms with Crippen molar-refractivity contribution in [1.29, 1.82) is 0 Å². The second-order valence-corrected chi connectivity index (χ2v) is 6.85. The van der Waals surface area contributed by atoms with Crippen molar-refractivity contribution in [3.05, 3.63) is 62.4 Å². The van der Waals surface area contributed by atoms with E-state index in [9.17, 15) is 9.90 Å². The monoisotopic (exact) mass is 369 g/mol. The Bertz CT molecular complexity index is 1140. The number of fused-ring (bicyclic) bond motifs is 1. The number of hydrogen-bond acceptors (Lipinski definition) is 7. The summed E-state index contributed by atoms with van der Waals surface area (Å²) in [5, 5.41) is 10.9. The summed E-state index contributed by atoms with van der Waals surface area (Å²) < 4.78 is 16.9. The highest BCUT2D eigenvalue weighted by Crippen LogP contribution is 2.34. The lowest BCUT2D eigenvalue weighted by Crippen LogP contribution is -2.05. The minimum absolute atomic E-state index is 0.0784. The quantitative estimate of drug-likeness (QED) is 0.573. The maximum atomic E-state index is 11.9. The number of furan rings is 1. The molecule has 0 bridgehead atoms. The average molecular weight is 369 g/mol. The van der Waals surface area contributed by atoms with E-state index in [-0.39, 0.29) is 17.1 Å². The van der Waals surface area contributed by atoms with Gasteiger partial charge < -0.3 is 18.7 Å².